The van der Waals surface area contributed by atoms with Crippen LogP contribution in [0.1, 0.15) is 9.67 Å². The summed E-state index contributed by atoms with van der Waals surface area (Å²) in [6, 6.07) is 10.4. The topological polar surface area (TPSA) is 58.4 Å². The van der Waals surface area contributed by atoms with E-state index in [1.165, 1.54) is 23.6 Å². The Labute approximate surface area is 146 Å². The van der Waals surface area contributed by atoms with Gasteiger partial charge in [-0.15, -0.1) is 23.7 Å². The van der Waals surface area contributed by atoms with Crippen LogP contribution in [0.25, 0.3) is 16.6 Å². The fourth-order valence-electron chi connectivity index (χ4n) is 2.44. The predicted molar refractivity (Wildman–Crippen MR) is 95.3 cm³/mol. The quantitative estimate of drug-likeness (QED) is 0.544. The molecule has 0 aliphatic carbocycles. The lowest BCUT2D eigenvalue weighted by atomic mass is 10.2. The monoisotopic (exact) mass is 362 g/mol. The molecule has 1 amide bonds. The molecule has 0 aliphatic rings. The summed E-state index contributed by atoms with van der Waals surface area (Å²) in [5, 5.41) is 1.84. The zero-order chi connectivity index (χ0) is 15.8. The van der Waals surface area contributed by atoms with Crippen molar-refractivity contribution in [3.8, 4) is 0 Å². The van der Waals surface area contributed by atoms with Crippen molar-refractivity contribution in [2.45, 2.75) is 0 Å². The van der Waals surface area contributed by atoms with Crippen LogP contribution in [0.15, 0.2) is 54.2 Å². The molecule has 0 radical (unpaired) electrons. The summed E-state index contributed by atoms with van der Waals surface area (Å²) in [5.74, 6) is -0.533. The highest BCUT2D eigenvalue weighted by Crippen LogP contribution is 2.23. The number of nitrogens with zero attached hydrogens (tertiary/aromatic N) is 2. The molecule has 3 heterocycles. The first-order valence-corrected chi connectivity index (χ1v) is 7.76. The lowest BCUT2D eigenvalue weighted by Crippen LogP contribution is -2.28. The fraction of sp³-hybridized carbons (Fsp3) is 0. The smallest absolute Gasteiger partial charge is 0.279 e. The third-order valence-electron chi connectivity index (χ3n) is 3.52. The van der Waals surface area contributed by atoms with Gasteiger partial charge in [0, 0.05) is 6.20 Å². The number of hydrazine groups is 1. The van der Waals surface area contributed by atoms with Crippen LogP contribution in [0.4, 0.5) is 10.1 Å². The standard InChI is InChI=1S/C16H11FN4OS.ClH/c17-10-6-7-21-12-4-1-3-11(15(12)18-9-13(10)21)19-20-16(22)14-5-2-8-23-14;/h1-9,19H,(H,20,22);1H. The van der Waals surface area contributed by atoms with Gasteiger partial charge in [-0.25, -0.2) is 4.39 Å². The Morgan fingerprint density at radius 1 is 1.17 bits per heavy atom. The van der Waals surface area contributed by atoms with Gasteiger partial charge in [0.15, 0.2) is 0 Å². The maximum atomic E-state index is 13.7. The number of carbonyl (C=O) groups is 1. The highest BCUT2D eigenvalue weighted by Gasteiger charge is 2.10. The molecule has 0 spiro atoms. The zero-order valence-electron chi connectivity index (χ0n) is 12.2. The van der Waals surface area contributed by atoms with Gasteiger partial charge in [-0.05, 0) is 29.6 Å². The van der Waals surface area contributed by atoms with E-state index in [0.717, 1.165) is 5.52 Å². The number of carbonyl (C=O) groups excluding carboxylic acids is 1. The highest BCUT2D eigenvalue weighted by atomic mass is 35.5. The third kappa shape index (κ3) is 2.68. The summed E-state index contributed by atoms with van der Waals surface area (Å²) in [6.07, 6.45) is 3.13. The number of halogens is 2. The molecule has 122 valence electrons. The number of thiophene rings is 1. The lowest BCUT2D eigenvalue weighted by Gasteiger charge is -2.11. The van der Waals surface area contributed by atoms with Crippen molar-refractivity contribution in [1.29, 1.82) is 0 Å². The van der Waals surface area contributed by atoms with Crippen LogP contribution >= 0.6 is 23.7 Å². The Bertz CT molecular complexity index is 1020. The normalized spacial score (nSPS) is 10.5. The van der Waals surface area contributed by atoms with Crippen molar-refractivity contribution >= 4 is 51.9 Å². The van der Waals surface area contributed by atoms with Crippen LogP contribution < -0.4 is 10.9 Å². The zero-order valence-corrected chi connectivity index (χ0v) is 13.8. The number of anilines is 1. The van der Waals surface area contributed by atoms with E-state index in [-0.39, 0.29) is 24.1 Å². The number of hydrogen-bond acceptors (Lipinski definition) is 4. The van der Waals surface area contributed by atoms with Crippen molar-refractivity contribution in [3.63, 3.8) is 0 Å². The first-order valence-electron chi connectivity index (χ1n) is 6.88. The van der Waals surface area contributed by atoms with Crippen LogP contribution in [-0.4, -0.2) is 15.3 Å². The van der Waals surface area contributed by atoms with E-state index in [1.54, 1.807) is 22.7 Å². The minimum atomic E-state index is -0.316. The van der Waals surface area contributed by atoms with Gasteiger partial charge in [0.1, 0.15) is 16.9 Å². The molecule has 24 heavy (non-hydrogen) atoms. The molecule has 4 rings (SSSR count). The SMILES string of the molecule is Cl.O=C(NNc1cccc2c1ncc1c(F)ccn12)c1cccs1. The second kappa shape index (κ2) is 6.46. The fourth-order valence-corrected chi connectivity index (χ4v) is 3.06. The molecule has 2 N–H and O–H groups in total. The van der Waals surface area contributed by atoms with Crippen molar-refractivity contribution in [2.24, 2.45) is 0 Å². The van der Waals surface area contributed by atoms with Crippen LogP contribution in [0.5, 0.6) is 0 Å². The second-order valence-electron chi connectivity index (χ2n) is 4.91. The number of fused-ring (bicyclic) bond motifs is 3. The van der Waals surface area contributed by atoms with E-state index < -0.39 is 0 Å². The molecule has 0 fully saturated rings. The van der Waals surface area contributed by atoms with Crippen LogP contribution in [0, 0.1) is 5.82 Å². The van der Waals surface area contributed by atoms with E-state index in [9.17, 15) is 9.18 Å². The van der Waals surface area contributed by atoms with Gasteiger partial charge in [-0.1, -0.05) is 12.1 Å². The van der Waals surface area contributed by atoms with Gasteiger partial charge in [0.05, 0.1) is 22.3 Å². The molecular formula is C16H12ClFN4OS. The van der Waals surface area contributed by atoms with Crippen molar-refractivity contribution in [2.75, 3.05) is 5.43 Å². The largest absolute Gasteiger partial charge is 0.311 e. The van der Waals surface area contributed by atoms with Gasteiger partial charge in [-0.3, -0.25) is 20.6 Å². The summed E-state index contributed by atoms with van der Waals surface area (Å²) in [7, 11) is 0. The molecule has 1 aromatic carbocycles. The Hall–Kier alpha value is -2.64. The summed E-state index contributed by atoms with van der Waals surface area (Å²) in [6.45, 7) is 0. The number of nitrogens with one attached hydrogen (secondary N) is 2. The number of aromatic nitrogens is 2. The minimum absolute atomic E-state index is 0. The Balaban J connectivity index is 0.00000169. The maximum Gasteiger partial charge on any atom is 0.279 e. The average molecular weight is 363 g/mol. The number of amides is 1. The van der Waals surface area contributed by atoms with Crippen molar-refractivity contribution in [1.82, 2.24) is 14.8 Å². The number of para-hydroxylation sites is 1. The molecule has 3 aromatic heterocycles. The van der Waals surface area contributed by atoms with E-state index in [0.29, 0.717) is 21.6 Å². The molecule has 0 saturated carbocycles. The summed E-state index contributed by atoms with van der Waals surface area (Å²) < 4.78 is 15.4. The van der Waals surface area contributed by atoms with Crippen molar-refractivity contribution < 1.29 is 9.18 Å². The van der Waals surface area contributed by atoms with Gasteiger partial charge in [-0.2, -0.15) is 0 Å². The minimum Gasteiger partial charge on any atom is -0.311 e. The summed E-state index contributed by atoms with van der Waals surface area (Å²) >= 11 is 1.36. The van der Waals surface area contributed by atoms with Gasteiger partial charge in [0.25, 0.3) is 5.91 Å². The van der Waals surface area contributed by atoms with Gasteiger partial charge < -0.3 is 4.40 Å². The highest BCUT2D eigenvalue weighted by molar-refractivity contribution is 7.12. The van der Waals surface area contributed by atoms with Crippen LogP contribution in [0.3, 0.4) is 0 Å². The molecule has 0 saturated heterocycles. The van der Waals surface area contributed by atoms with E-state index in [4.69, 9.17) is 0 Å². The van der Waals surface area contributed by atoms with E-state index in [2.05, 4.69) is 15.8 Å². The summed E-state index contributed by atoms with van der Waals surface area (Å²) in [4.78, 5) is 16.9. The first-order chi connectivity index (χ1) is 11.2. The van der Waals surface area contributed by atoms with E-state index >= 15 is 0 Å². The summed E-state index contributed by atoms with van der Waals surface area (Å²) in [5.41, 5.74) is 7.98. The Morgan fingerprint density at radius 2 is 2.04 bits per heavy atom. The van der Waals surface area contributed by atoms with Gasteiger partial charge in [0.2, 0.25) is 0 Å². The maximum absolute atomic E-state index is 13.7. The molecule has 5 nitrogen and oxygen atoms in total. The van der Waals surface area contributed by atoms with Crippen LogP contribution in [-0.2, 0) is 0 Å². The molecule has 0 bridgehead atoms. The predicted octanol–water partition coefficient (Wildman–Crippen LogP) is 3.87. The molecule has 0 atom stereocenters. The third-order valence-corrected chi connectivity index (χ3v) is 4.39. The van der Waals surface area contributed by atoms with Crippen molar-refractivity contribution in [3.05, 3.63) is 64.9 Å². The average Bonchev–Trinajstić information content (AvgIpc) is 3.23. The van der Waals surface area contributed by atoms with E-state index in [1.807, 2.05) is 23.6 Å². The number of benzene rings is 1. The van der Waals surface area contributed by atoms with Crippen LogP contribution in [0.2, 0.25) is 0 Å². The number of rotatable bonds is 3. The van der Waals surface area contributed by atoms with Gasteiger partial charge >= 0.3 is 0 Å². The Kier molecular flexibility index (Phi) is 4.37. The lowest BCUT2D eigenvalue weighted by molar-refractivity contribution is 0.0966. The molecule has 0 unspecified atom stereocenters. The molecule has 8 heteroatoms. The number of hydrogen-bond donors (Lipinski definition) is 2. The molecular weight excluding hydrogens is 351 g/mol. The first kappa shape index (κ1) is 16.2. The Morgan fingerprint density at radius 3 is 2.83 bits per heavy atom. The molecule has 4 aromatic rings. The second-order valence-corrected chi connectivity index (χ2v) is 5.85. The molecule has 0 aliphatic heterocycles.